The topological polar surface area (TPSA) is 42.1 Å². The first-order valence-corrected chi connectivity index (χ1v) is 7.47. The van der Waals surface area contributed by atoms with Gasteiger partial charge in [0.1, 0.15) is 5.82 Å². The summed E-state index contributed by atoms with van der Waals surface area (Å²) in [4.78, 5) is 6.53. The predicted molar refractivity (Wildman–Crippen MR) is 89.4 cm³/mol. The van der Waals surface area contributed by atoms with Gasteiger partial charge in [-0.1, -0.05) is 23.7 Å². The Morgan fingerprint density at radius 3 is 2.75 bits per heavy atom. The van der Waals surface area contributed by atoms with Crippen LogP contribution in [0.15, 0.2) is 34.9 Å². The maximum Gasteiger partial charge on any atom is 0.143 e. The van der Waals surface area contributed by atoms with E-state index in [0.717, 1.165) is 26.4 Å². The molecular formula is C15H17BrClN3. The van der Waals surface area contributed by atoms with E-state index >= 15 is 0 Å². The molecule has 0 fully saturated rings. The molecular weight excluding hydrogens is 338 g/mol. The van der Waals surface area contributed by atoms with Crippen LogP contribution in [0.4, 0.5) is 11.5 Å². The van der Waals surface area contributed by atoms with Gasteiger partial charge in [-0.3, -0.25) is 0 Å². The number of hydrogen-bond acceptors (Lipinski definition) is 3. The number of anilines is 2. The summed E-state index contributed by atoms with van der Waals surface area (Å²) in [5.74, 6) is 0.865. The lowest BCUT2D eigenvalue weighted by atomic mass is 10.1. The third-order valence-electron chi connectivity index (χ3n) is 3.53. The van der Waals surface area contributed by atoms with Gasteiger partial charge in [0.05, 0.1) is 22.4 Å². The van der Waals surface area contributed by atoms with Crippen LogP contribution in [0.2, 0.25) is 5.02 Å². The van der Waals surface area contributed by atoms with Crippen LogP contribution in [0, 0.1) is 6.92 Å². The van der Waals surface area contributed by atoms with Gasteiger partial charge in [-0.15, -0.1) is 0 Å². The van der Waals surface area contributed by atoms with Crippen LogP contribution in [0.25, 0.3) is 0 Å². The van der Waals surface area contributed by atoms with Gasteiger partial charge in [-0.2, -0.15) is 0 Å². The Kier molecular flexibility index (Phi) is 4.55. The molecule has 0 aliphatic heterocycles. The lowest BCUT2D eigenvalue weighted by molar-refractivity contribution is 0.726. The van der Waals surface area contributed by atoms with E-state index in [4.69, 9.17) is 17.3 Å². The fraction of sp³-hybridized carbons (Fsp3) is 0.267. The number of aromatic nitrogens is 1. The van der Waals surface area contributed by atoms with Crippen LogP contribution in [0.1, 0.15) is 24.1 Å². The molecule has 2 N–H and O–H groups in total. The molecule has 0 aliphatic rings. The highest BCUT2D eigenvalue weighted by molar-refractivity contribution is 9.10. The highest BCUT2D eigenvalue weighted by Gasteiger charge is 2.18. The predicted octanol–water partition coefficient (Wildman–Crippen LogP) is 4.59. The monoisotopic (exact) mass is 353 g/mol. The molecule has 1 unspecified atom stereocenters. The van der Waals surface area contributed by atoms with Crippen molar-refractivity contribution in [2.24, 2.45) is 0 Å². The second kappa shape index (κ2) is 6.02. The highest BCUT2D eigenvalue weighted by Crippen LogP contribution is 2.34. The SMILES string of the molecule is Cc1c(N)cnc(N(C)C(C)c2cccc(Cl)c2)c1Br. The second-order valence-corrected chi connectivity index (χ2v) is 6.05. The van der Waals surface area contributed by atoms with Gasteiger partial charge in [0.2, 0.25) is 0 Å². The van der Waals surface area contributed by atoms with E-state index in [1.165, 1.54) is 0 Å². The number of rotatable bonds is 3. The van der Waals surface area contributed by atoms with Crippen molar-refractivity contribution in [1.82, 2.24) is 4.98 Å². The number of pyridine rings is 1. The van der Waals surface area contributed by atoms with E-state index in [1.807, 2.05) is 32.2 Å². The zero-order chi connectivity index (χ0) is 14.9. The molecule has 106 valence electrons. The maximum atomic E-state index is 6.06. The van der Waals surface area contributed by atoms with Crippen molar-refractivity contribution >= 4 is 39.0 Å². The van der Waals surface area contributed by atoms with Gasteiger partial charge in [0, 0.05) is 12.1 Å². The molecule has 1 atom stereocenters. The molecule has 0 saturated heterocycles. The van der Waals surface area contributed by atoms with Gasteiger partial charge >= 0.3 is 0 Å². The zero-order valence-corrected chi connectivity index (χ0v) is 14.0. The average Bonchev–Trinajstić information content (AvgIpc) is 2.43. The van der Waals surface area contributed by atoms with Gasteiger partial charge < -0.3 is 10.6 Å². The number of halogens is 2. The van der Waals surface area contributed by atoms with Crippen molar-refractivity contribution in [3.8, 4) is 0 Å². The summed E-state index contributed by atoms with van der Waals surface area (Å²) in [5, 5.41) is 0.739. The third-order valence-corrected chi connectivity index (χ3v) is 4.72. The lowest BCUT2D eigenvalue weighted by Gasteiger charge is -2.28. The largest absolute Gasteiger partial charge is 0.397 e. The Balaban J connectivity index is 2.36. The summed E-state index contributed by atoms with van der Waals surface area (Å²) in [6.07, 6.45) is 1.69. The second-order valence-electron chi connectivity index (χ2n) is 4.82. The summed E-state index contributed by atoms with van der Waals surface area (Å²) < 4.78 is 0.925. The number of nitrogen functional groups attached to an aromatic ring is 1. The summed E-state index contributed by atoms with van der Waals surface area (Å²) in [6.45, 7) is 4.09. The first-order chi connectivity index (χ1) is 9.41. The van der Waals surface area contributed by atoms with Crippen molar-refractivity contribution in [3.63, 3.8) is 0 Å². The van der Waals surface area contributed by atoms with Crippen LogP contribution in [0.3, 0.4) is 0 Å². The van der Waals surface area contributed by atoms with E-state index < -0.39 is 0 Å². The summed E-state index contributed by atoms with van der Waals surface area (Å²) in [6, 6.07) is 8.02. The molecule has 0 spiro atoms. The third kappa shape index (κ3) is 2.91. The molecule has 2 aromatic rings. The molecule has 0 radical (unpaired) electrons. The minimum atomic E-state index is 0.153. The first kappa shape index (κ1) is 15.1. The summed E-state index contributed by atoms with van der Waals surface area (Å²) in [5.41, 5.74) is 8.69. The Hall–Kier alpha value is -1.26. The van der Waals surface area contributed by atoms with Gasteiger partial charge in [0.15, 0.2) is 0 Å². The minimum Gasteiger partial charge on any atom is -0.397 e. The van der Waals surface area contributed by atoms with Crippen molar-refractivity contribution in [3.05, 3.63) is 51.1 Å². The number of hydrogen-bond donors (Lipinski definition) is 1. The van der Waals surface area contributed by atoms with Crippen LogP contribution in [0.5, 0.6) is 0 Å². The normalized spacial score (nSPS) is 12.2. The Bertz CT molecular complexity index is 631. The Morgan fingerprint density at radius 1 is 1.40 bits per heavy atom. The smallest absolute Gasteiger partial charge is 0.143 e. The number of nitrogens with two attached hydrogens (primary N) is 1. The molecule has 1 aromatic heterocycles. The lowest BCUT2D eigenvalue weighted by Crippen LogP contribution is -2.23. The molecule has 5 heteroatoms. The average molecular weight is 355 g/mol. The first-order valence-electron chi connectivity index (χ1n) is 6.30. The molecule has 2 rings (SSSR count). The van der Waals surface area contributed by atoms with Crippen LogP contribution in [-0.2, 0) is 0 Å². The fourth-order valence-electron chi connectivity index (χ4n) is 2.00. The Morgan fingerprint density at radius 2 is 2.10 bits per heavy atom. The van der Waals surface area contributed by atoms with E-state index in [0.29, 0.717) is 5.69 Å². The van der Waals surface area contributed by atoms with Gasteiger partial charge in [-0.05, 0) is 53.0 Å². The van der Waals surface area contributed by atoms with Crippen molar-refractivity contribution in [1.29, 1.82) is 0 Å². The number of benzene rings is 1. The molecule has 0 saturated carbocycles. The molecule has 3 nitrogen and oxygen atoms in total. The molecule has 20 heavy (non-hydrogen) atoms. The highest BCUT2D eigenvalue weighted by atomic mass is 79.9. The number of nitrogens with zero attached hydrogens (tertiary/aromatic N) is 2. The molecule has 1 heterocycles. The summed E-state index contributed by atoms with van der Waals surface area (Å²) in [7, 11) is 2.01. The quantitative estimate of drug-likeness (QED) is 0.877. The van der Waals surface area contributed by atoms with Crippen molar-refractivity contribution < 1.29 is 0 Å². The van der Waals surface area contributed by atoms with E-state index in [1.54, 1.807) is 6.20 Å². The Labute approximate surface area is 132 Å². The molecule has 0 aliphatic carbocycles. The maximum absolute atomic E-state index is 6.06. The zero-order valence-electron chi connectivity index (χ0n) is 11.7. The van der Waals surface area contributed by atoms with E-state index in [2.05, 4.69) is 38.8 Å². The van der Waals surface area contributed by atoms with Crippen LogP contribution in [-0.4, -0.2) is 12.0 Å². The van der Waals surface area contributed by atoms with E-state index in [9.17, 15) is 0 Å². The van der Waals surface area contributed by atoms with Crippen molar-refractivity contribution in [2.45, 2.75) is 19.9 Å². The molecule has 1 aromatic carbocycles. The van der Waals surface area contributed by atoms with E-state index in [-0.39, 0.29) is 6.04 Å². The molecule has 0 bridgehead atoms. The molecule has 0 amide bonds. The minimum absolute atomic E-state index is 0.153. The van der Waals surface area contributed by atoms with Crippen LogP contribution >= 0.6 is 27.5 Å². The van der Waals surface area contributed by atoms with Gasteiger partial charge in [-0.25, -0.2) is 4.98 Å². The fourth-order valence-corrected chi connectivity index (χ4v) is 2.81. The van der Waals surface area contributed by atoms with Gasteiger partial charge in [0.25, 0.3) is 0 Å². The van der Waals surface area contributed by atoms with Crippen molar-refractivity contribution in [2.75, 3.05) is 17.7 Å². The summed E-state index contributed by atoms with van der Waals surface area (Å²) >= 11 is 9.63. The standard InChI is InChI=1S/C15H17BrClN3/c1-9-13(18)8-19-15(14(9)16)20(3)10(2)11-5-4-6-12(17)7-11/h4-8,10H,18H2,1-3H3. The van der Waals surface area contributed by atoms with Crippen LogP contribution < -0.4 is 10.6 Å².